The molecule has 0 spiro atoms. The highest BCUT2D eigenvalue weighted by Gasteiger charge is 2.09. The topological polar surface area (TPSA) is 59.9 Å². The minimum Gasteiger partial charge on any atom is -0.489 e. The molecule has 0 aliphatic heterocycles. The molecule has 5 aromatic carbocycles. The molecule has 6 heteroatoms. The lowest BCUT2D eigenvalue weighted by molar-refractivity contribution is 0.0955. The Morgan fingerprint density at radius 2 is 1.42 bits per heavy atom. The molecule has 0 bridgehead atoms. The van der Waals surface area contributed by atoms with Gasteiger partial charge in [0.05, 0.1) is 6.21 Å². The van der Waals surface area contributed by atoms with Gasteiger partial charge in [0.15, 0.2) is 0 Å². The van der Waals surface area contributed by atoms with Crippen molar-refractivity contribution >= 4 is 22.9 Å². The molecule has 0 saturated heterocycles. The van der Waals surface area contributed by atoms with Crippen molar-refractivity contribution in [3.8, 4) is 11.5 Å². The number of hydrazone groups is 1. The highest BCUT2D eigenvalue weighted by Crippen LogP contribution is 2.27. The molecule has 0 aromatic heterocycles. The first-order valence-corrected chi connectivity index (χ1v) is 12.1. The van der Waals surface area contributed by atoms with Gasteiger partial charge < -0.3 is 9.47 Å². The second-order valence-electron chi connectivity index (χ2n) is 8.61. The molecule has 5 rings (SSSR count). The van der Waals surface area contributed by atoms with Gasteiger partial charge in [0.2, 0.25) is 0 Å². The Hall–Kier alpha value is -4.97. The molecule has 0 aliphatic rings. The second-order valence-corrected chi connectivity index (χ2v) is 8.61. The van der Waals surface area contributed by atoms with Crippen LogP contribution in [-0.4, -0.2) is 12.1 Å². The van der Waals surface area contributed by atoms with Crippen LogP contribution in [0.25, 0.3) is 10.8 Å². The Kier molecular flexibility index (Phi) is 7.70. The summed E-state index contributed by atoms with van der Waals surface area (Å²) in [6.07, 6.45) is 1.58. The zero-order chi connectivity index (χ0) is 26.2. The summed E-state index contributed by atoms with van der Waals surface area (Å²) in [5.41, 5.74) is 5.69. The van der Waals surface area contributed by atoms with Crippen molar-refractivity contribution < 1.29 is 18.7 Å². The summed E-state index contributed by atoms with van der Waals surface area (Å²) in [5.74, 6) is 0.640. The van der Waals surface area contributed by atoms with E-state index in [1.165, 1.54) is 12.1 Å². The fourth-order valence-electron chi connectivity index (χ4n) is 3.94. The van der Waals surface area contributed by atoms with Crippen LogP contribution in [0.4, 0.5) is 4.39 Å². The lowest BCUT2D eigenvalue weighted by atomic mass is 10.0. The zero-order valence-electron chi connectivity index (χ0n) is 20.5. The van der Waals surface area contributed by atoms with Crippen LogP contribution in [0.15, 0.2) is 120 Å². The number of benzene rings is 5. The Labute approximate surface area is 220 Å². The standard InChI is InChI=1S/C32H25FN2O3/c33-27-15-10-24(11-16-27)22-38-31-19-14-25-8-4-5-9-29(25)30(31)20-34-35-32(36)26-12-17-28(18-13-26)37-21-23-6-2-1-3-7-23/h1-20H,21-22H2,(H,35,36)/b34-20+. The van der Waals surface area contributed by atoms with E-state index in [0.29, 0.717) is 23.7 Å². The fraction of sp³-hybridized carbons (Fsp3) is 0.0625. The van der Waals surface area contributed by atoms with Crippen LogP contribution in [0, 0.1) is 5.82 Å². The van der Waals surface area contributed by atoms with Gasteiger partial charge >= 0.3 is 0 Å². The SMILES string of the molecule is O=C(N/N=C/c1c(OCc2ccc(F)cc2)ccc2ccccc12)c1ccc(OCc2ccccc2)cc1. The smallest absolute Gasteiger partial charge is 0.271 e. The van der Waals surface area contributed by atoms with Gasteiger partial charge in [-0.15, -0.1) is 0 Å². The van der Waals surface area contributed by atoms with Crippen LogP contribution in [-0.2, 0) is 13.2 Å². The van der Waals surface area contributed by atoms with Crippen molar-refractivity contribution in [2.75, 3.05) is 0 Å². The maximum absolute atomic E-state index is 13.2. The van der Waals surface area contributed by atoms with E-state index in [1.807, 2.05) is 66.7 Å². The van der Waals surface area contributed by atoms with Crippen LogP contribution >= 0.6 is 0 Å². The predicted octanol–water partition coefficient (Wildman–Crippen LogP) is 6.90. The van der Waals surface area contributed by atoms with E-state index in [9.17, 15) is 9.18 Å². The van der Waals surface area contributed by atoms with E-state index in [1.54, 1.807) is 42.6 Å². The van der Waals surface area contributed by atoms with E-state index < -0.39 is 0 Å². The molecule has 0 saturated carbocycles. The molecular weight excluding hydrogens is 479 g/mol. The first-order chi connectivity index (χ1) is 18.7. The number of nitrogens with one attached hydrogen (secondary N) is 1. The summed E-state index contributed by atoms with van der Waals surface area (Å²) < 4.78 is 25.1. The molecule has 0 atom stereocenters. The number of rotatable bonds is 9. The molecule has 5 aromatic rings. The maximum atomic E-state index is 13.2. The van der Waals surface area contributed by atoms with Crippen LogP contribution in [0.1, 0.15) is 27.0 Å². The number of carbonyl (C=O) groups excluding carboxylic acids is 1. The third-order valence-electron chi connectivity index (χ3n) is 5.96. The highest BCUT2D eigenvalue weighted by molar-refractivity contribution is 6.03. The van der Waals surface area contributed by atoms with Gasteiger partial charge in [-0.2, -0.15) is 5.10 Å². The van der Waals surface area contributed by atoms with Gasteiger partial charge in [-0.3, -0.25) is 4.79 Å². The average Bonchev–Trinajstić information content (AvgIpc) is 2.97. The number of amides is 1. The third-order valence-corrected chi connectivity index (χ3v) is 5.96. The van der Waals surface area contributed by atoms with Crippen molar-refractivity contribution in [3.63, 3.8) is 0 Å². The van der Waals surface area contributed by atoms with Gasteiger partial charge in [0.1, 0.15) is 30.5 Å². The van der Waals surface area contributed by atoms with Gasteiger partial charge in [0.25, 0.3) is 5.91 Å². The van der Waals surface area contributed by atoms with Crippen LogP contribution in [0.5, 0.6) is 11.5 Å². The molecular formula is C32H25FN2O3. The van der Waals surface area contributed by atoms with Crippen molar-refractivity contribution in [1.82, 2.24) is 5.43 Å². The quantitative estimate of drug-likeness (QED) is 0.175. The van der Waals surface area contributed by atoms with Crippen molar-refractivity contribution in [1.29, 1.82) is 0 Å². The number of halogens is 1. The number of fused-ring (bicyclic) bond motifs is 1. The molecule has 0 heterocycles. The molecule has 1 N–H and O–H groups in total. The largest absolute Gasteiger partial charge is 0.489 e. The van der Waals surface area contributed by atoms with E-state index in [4.69, 9.17) is 9.47 Å². The molecule has 5 nitrogen and oxygen atoms in total. The first kappa shape index (κ1) is 24.7. The monoisotopic (exact) mass is 504 g/mol. The normalized spacial score (nSPS) is 11.0. The van der Waals surface area contributed by atoms with Crippen LogP contribution < -0.4 is 14.9 Å². The number of nitrogens with zero attached hydrogens (tertiary/aromatic N) is 1. The van der Waals surface area contributed by atoms with Crippen molar-refractivity contribution in [3.05, 3.63) is 143 Å². The van der Waals surface area contributed by atoms with Gasteiger partial charge in [0, 0.05) is 11.1 Å². The maximum Gasteiger partial charge on any atom is 0.271 e. The van der Waals surface area contributed by atoms with Crippen molar-refractivity contribution in [2.24, 2.45) is 5.10 Å². The van der Waals surface area contributed by atoms with Gasteiger partial charge in [-0.1, -0.05) is 72.8 Å². The summed E-state index contributed by atoms with van der Waals surface area (Å²) in [5, 5.41) is 6.16. The molecule has 38 heavy (non-hydrogen) atoms. The number of hydrogen-bond acceptors (Lipinski definition) is 4. The Balaban J connectivity index is 1.26. The van der Waals surface area contributed by atoms with Crippen LogP contribution in [0.3, 0.4) is 0 Å². The van der Waals surface area contributed by atoms with E-state index in [-0.39, 0.29) is 18.3 Å². The number of carbonyl (C=O) groups is 1. The Bertz CT molecular complexity index is 1550. The van der Waals surface area contributed by atoms with E-state index in [0.717, 1.165) is 27.5 Å². The molecule has 0 unspecified atom stereocenters. The molecule has 0 fully saturated rings. The number of ether oxygens (including phenoxy) is 2. The summed E-state index contributed by atoms with van der Waals surface area (Å²) in [6, 6.07) is 34.6. The predicted molar refractivity (Wildman–Crippen MR) is 147 cm³/mol. The highest BCUT2D eigenvalue weighted by atomic mass is 19.1. The lowest BCUT2D eigenvalue weighted by Gasteiger charge is -2.12. The van der Waals surface area contributed by atoms with Gasteiger partial charge in [-0.05, 0) is 64.4 Å². The number of hydrogen-bond donors (Lipinski definition) is 1. The third kappa shape index (κ3) is 6.23. The van der Waals surface area contributed by atoms with Crippen molar-refractivity contribution in [2.45, 2.75) is 13.2 Å². The first-order valence-electron chi connectivity index (χ1n) is 12.1. The molecule has 0 aliphatic carbocycles. The second kappa shape index (κ2) is 11.8. The molecule has 0 radical (unpaired) electrons. The minimum atomic E-state index is -0.343. The summed E-state index contributed by atoms with van der Waals surface area (Å²) >= 11 is 0. The van der Waals surface area contributed by atoms with E-state index in [2.05, 4.69) is 10.5 Å². The molecule has 1 amide bonds. The fourth-order valence-corrected chi connectivity index (χ4v) is 3.94. The van der Waals surface area contributed by atoms with E-state index >= 15 is 0 Å². The Morgan fingerprint density at radius 1 is 0.737 bits per heavy atom. The summed E-state index contributed by atoms with van der Waals surface area (Å²) in [7, 11) is 0. The average molecular weight is 505 g/mol. The summed E-state index contributed by atoms with van der Waals surface area (Å²) in [6.45, 7) is 0.720. The lowest BCUT2D eigenvalue weighted by Crippen LogP contribution is -2.17. The summed E-state index contributed by atoms with van der Waals surface area (Å²) in [4.78, 5) is 12.7. The zero-order valence-corrected chi connectivity index (χ0v) is 20.5. The Morgan fingerprint density at radius 3 is 2.21 bits per heavy atom. The minimum absolute atomic E-state index is 0.268. The molecule has 188 valence electrons. The van der Waals surface area contributed by atoms with Crippen LogP contribution in [0.2, 0.25) is 0 Å². The van der Waals surface area contributed by atoms with Gasteiger partial charge in [-0.25, -0.2) is 9.82 Å².